The number of hydrogen-bond donors (Lipinski definition) is 1. The minimum absolute atomic E-state index is 0.0567. The van der Waals surface area contributed by atoms with Gasteiger partial charge in [0.15, 0.2) is 11.5 Å². The van der Waals surface area contributed by atoms with E-state index < -0.39 is 6.17 Å². The summed E-state index contributed by atoms with van der Waals surface area (Å²) in [5, 5.41) is 3.51. The van der Waals surface area contributed by atoms with Gasteiger partial charge >= 0.3 is 0 Å². The number of rotatable bonds is 5. The summed E-state index contributed by atoms with van der Waals surface area (Å²) >= 11 is 0. The number of amides is 1. The normalized spacial score (nSPS) is 16.5. The van der Waals surface area contributed by atoms with Gasteiger partial charge in [0.05, 0.1) is 19.8 Å². The summed E-state index contributed by atoms with van der Waals surface area (Å²) in [7, 11) is 3.22. The lowest BCUT2D eigenvalue weighted by molar-refractivity contribution is 0.0666. The van der Waals surface area contributed by atoms with Crippen molar-refractivity contribution in [2.45, 2.75) is 12.7 Å². The molecule has 2 heterocycles. The van der Waals surface area contributed by atoms with Crippen LogP contribution in [0.5, 0.6) is 23.0 Å². The monoisotopic (exact) mass is 418 g/mol. The number of methoxy groups -OCH3 is 2. The molecule has 0 bridgehead atoms. The van der Waals surface area contributed by atoms with E-state index in [0.29, 0.717) is 35.1 Å². The van der Waals surface area contributed by atoms with Crippen molar-refractivity contribution in [3.05, 3.63) is 77.4 Å². The van der Waals surface area contributed by atoms with Crippen molar-refractivity contribution in [2.75, 3.05) is 26.3 Å². The van der Waals surface area contributed by atoms with Gasteiger partial charge < -0.3 is 29.2 Å². The summed E-state index contributed by atoms with van der Waals surface area (Å²) in [4.78, 5) is 15.3. The van der Waals surface area contributed by atoms with E-state index in [1.165, 1.54) is 0 Å². The highest BCUT2D eigenvalue weighted by molar-refractivity contribution is 6.01. The Morgan fingerprint density at radius 2 is 1.71 bits per heavy atom. The number of nitrogens with one attached hydrogen (secondary N) is 1. The van der Waals surface area contributed by atoms with Gasteiger partial charge in [-0.25, -0.2) is 0 Å². The Balaban J connectivity index is 1.56. The molecule has 158 valence electrons. The number of carbonyl (C=O) groups is 1. The second kappa shape index (κ2) is 7.75. The minimum atomic E-state index is -0.406. The first kappa shape index (κ1) is 19.1. The first-order chi connectivity index (χ1) is 15.2. The molecule has 0 unspecified atom stereocenters. The number of ether oxygens (including phenoxy) is 4. The molecule has 31 heavy (non-hydrogen) atoms. The smallest absolute Gasteiger partial charge is 0.258 e. The highest BCUT2D eigenvalue weighted by Crippen LogP contribution is 2.38. The maximum Gasteiger partial charge on any atom is 0.258 e. The first-order valence-electron chi connectivity index (χ1n) is 9.94. The highest BCUT2D eigenvalue weighted by Gasteiger charge is 2.33. The molecule has 1 amide bonds. The van der Waals surface area contributed by atoms with Crippen LogP contribution in [0.25, 0.3) is 0 Å². The van der Waals surface area contributed by atoms with E-state index in [0.717, 1.165) is 16.8 Å². The van der Waals surface area contributed by atoms with E-state index in [9.17, 15) is 4.79 Å². The van der Waals surface area contributed by atoms with E-state index in [4.69, 9.17) is 18.9 Å². The Labute approximate surface area is 180 Å². The fraction of sp³-hybridized carbons (Fsp3) is 0.208. The zero-order valence-corrected chi connectivity index (χ0v) is 17.3. The van der Waals surface area contributed by atoms with E-state index in [1.54, 1.807) is 19.1 Å². The van der Waals surface area contributed by atoms with Gasteiger partial charge in [0.2, 0.25) is 6.79 Å². The Hall–Kier alpha value is -3.87. The van der Waals surface area contributed by atoms with E-state index in [1.807, 2.05) is 60.7 Å². The maximum absolute atomic E-state index is 13.5. The van der Waals surface area contributed by atoms with Gasteiger partial charge in [-0.1, -0.05) is 18.2 Å². The quantitative estimate of drug-likeness (QED) is 0.670. The molecule has 7 heteroatoms. The van der Waals surface area contributed by atoms with Gasteiger partial charge in [-0.15, -0.1) is 0 Å². The molecular weight excluding hydrogens is 396 g/mol. The van der Waals surface area contributed by atoms with Crippen molar-refractivity contribution in [3.63, 3.8) is 0 Å². The van der Waals surface area contributed by atoms with Gasteiger partial charge in [-0.2, -0.15) is 0 Å². The molecule has 5 rings (SSSR count). The van der Waals surface area contributed by atoms with Crippen LogP contribution in [-0.4, -0.2) is 31.8 Å². The Bertz CT molecular complexity index is 1120. The van der Waals surface area contributed by atoms with Gasteiger partial charge in [0, 0.05) is 23.9 Å². The SMILES string of the molecule is COc1cc(OC)cc([C@H]2Nc3ccccc3C(=O)N2Cc2ccc3c(c2)OCO3)c1. The summed E-state index contributed by atoms with van der Waals surface area (Å²) in [6, 6.07) is 18.9. The van der Waals surface area contributed by atoms with Crippen molar-refractivity contribution in [3.8, 4) is 23.0 Å². The predicted molar refractivity (Wildman–Crippen MR) is 115 cm³/mol. The van der Waals surface area contributed by atoms with E-state index in [2.05, 4.69) is 5.32 Å². The molecule has 0 aliphatic carbocycles. The minimum Gasteiger partial charge on any atom is -0.497 e. The van der Waals surface area contributed by atoms with Crippen molar-refractivity contribution in [1.82, 2.24) is 4.90 Å². The summed E-state index contributed by atoms with van der Waals surface area (Å²) in [5.74, 6) is 2.66. The lowest BCUT2D eigenvalue weighted by atomic mass is 10.0. The lowest BCUT2D eigenvalue weighted by Gasteiger charge is -2.38. The van der Waals surface area contributed by atoms with Crippen molar-refractivity contribution < 1.29 is 23.7 Å². The number of carbonyl (C=O) groups excluding carboxylic acids is 1. The number of nitrogens with zero attached hydrogens (tertiary/aromatic N) is 1. The largest absolute Gasteiger partial charge is 0.497 e. The second-order valence-electron chi connectivity index (χ2n) is 7.36. The molecule has 7 nitrogen and oxygen atoms in total. The fourth-order valence-electron chi connectivity index (χ4n) is 3.94. The van der Waals surface area contributed by atoms with Crippen molar-refractivity contribution in [2.24, 2.45) is 0 Å². The van der Waals surface area contributed by atoms with Crippen LogP contribution in [0, 0.1) is 0 Å². The average Bonchev–Trinajstić information content (AvgIpc) is 3.28. The maximum atomic E-state index is 13.5. The van der Waals surface area contributed by atoms with E-state index in [-0.39, 0.29) is 12.7 Å². The number of anilines is 1. The van der Waals surface area contributed by atoms with Gasteiger partial charge in [-0.3, -0.25) is 4.79 Å². The molecule has 0 aromatic heterocycles. The first-order valence-corrected chi connectivity index (χ1v) is 9.94. The lowest BCUT2D eigenvalue weighted by Crippen LogP contribution is -2.42. The summed E-state index contributed by atoms with van der Waals surface area (Å²) in [5.41, 5.74) is 3.23. The number of para-hydroxylation sites is 1. The van der Waals surface area contributed by atoms with Crippen LogP contribution in [0.2, 0.25) is 0 Å². The van der Waals surface area contributed by atoms with Crippen molar-refractivity contribution >= 4 is 11.6 Å². The highest BCUT2D eigenvalue weighted by atomic mass is 16.7. The van der Waals surface area contributed by atoms with E-state index >= 15 is 0 Å². The van der Waals surface area contributed by atoms with Gasteiger partial charge in [0.25, 0.3) is 5.91 Å². The third-order valence-electron chi connectivity index (χ3n) is 5.50. The van der Waals surface area contributed by atoms with Crippen molar-refractivity contribution in [1.29, 1.82) is 0 Å². The van der Waals surface area contributed by atoms with Gasteiger partial charge in [-0.05, 0) is 42.0 Å². The van der Waals surface area contributed by atoms with Crippen LogP contribution < -0.4 is 24.3 Å². The molecule has 2 aliphatic heterocycles. The van der Waals surface area contributed by atoms with Crippen LogP contribution >= 0.6 is 0 Å². The molecule has 0 spiro atoms. The Kier molecular flexibility index (Phi) is 4.78. The molecule has 0 radical (unpaired) electrons. The molecule has 3 aromatic carbocycles. The van der Waals surface area contributed by atoms with Crippen LogP contribution in [0.3, 0.4) is 0 Å². The van der Waals surface area contributed by atoms with Crippen LogP contribution in [0.1, 0.15) is 27.7 Å². The Morgan fingerprint density at radius 1 is 0.968 bits per heavy atom. The molecule has 1 atom stereocenters. The molecule has 3 aromatic rings. The summed E-state index contributed by atoms with van der Waals surface area (Å²) in [6.45, 7) is 0.601. The summed E-state index contributed by atoms with van der Waals surface area (Å²) in [6.07, 6.45) is -0.406. The predicted octanol–water partition coefficient (Wildman–Crippen LogP) is 4.20. The van der Waals surface area contributed by atoms with Crippen LogP contribution in [0.4, 0.5) is 5.69 Å². The molecule has 2 aliphatic rings. The number of benzene rings is 3. The molecule has 0 saturated carbocycles. The third kappa shape index (κ3) is 3.48. The topological polar surface area (TPSA) is 69.3 Å². The third-order valence-corrected chi connectivity index (χ3v) is 5.50. The second-order valence-corrected chi connectivity index (χ2v) is 7.36. The molecule has 0 saturated heterocycles. The zero-order valence-electron chi connectivity index (χ0n) is 17.3. The number of hydrogen-bond acceptors (Lipinski definition) is 6. The molecule has 1 N–H and O–H groups in total. The fourth-order valence-corrected chi connectivity index (χ4v) is 3.94. The summed E-state index contributed by atoms with van der Waals surface area (Å²) < 4.78 is 21.8. The Morgan fingerprint density at radius 3 is 2.48 bits per heavy atom. The van der Waals surface area contributed by atoms with Crippen LogP contribution in [0.15, 0.2) is 60.7 Å². The van der Waals surface area contributed by atoms with Crippen LogP contribution in [-0.2, 0) is 6.54 Å². The zero-order chi connectivity index (χ0) is 21.4. The average molecular weight is 418 g/mol. The molecular formula is C24H22N2O5. The molecule has 0 fully saturated rings. The number of fused-ring (bicyclic) bond motifs is 2. The standard InChI is InChI=1S/C24H22N2O5/c1-28-17-10-16(11-18(12-17)29-2)23-25-20-6-4-3-5-19(20)24(27)26(23)13-15-7-8-21-22(9-15)31-14-30-21/h3-12,23,25H,13-14H2,1-2H3/t23-/m0/s1. The van der Waals surface area contributed by atoms with Gasteiger partial charge in [0.1, 0.15) is 17.7 Å².